The second-order valence-corrected chi connectivity index (χ2v) is 9.91. The summed E-state index contributed by atoms with van der Waals surface area (Å²) in [7, 11) is 0. The van der Waals surface area contributed by atoms with Crippen LogP contribution in [0.3, 0.4) is 0 Å². The third-order valence-corrected chi connectivity index (χ3v) is 7.23. The molecule has 2 fully saturated rings. The van der Waals surface area contributed by atoms with E-state index in [9.17, 15) is 9.59 Å². The van der Waals surface area contributed by atoms with Crippen molar-refractivity contribution in [3.05, 3.63) is 82.2 Å². The van der Waals surface area contributed by atoms with Gasteiger partial charge in [-0.2, -0.15) is 0 Å². The van der Waals surface area contributed by atoms with E-state index in [1.165, 1.54) is 10.6 Å². The van der Waals surface area contributed by atoms with Gasteiger partial charge in [0.1, 0.15) is 5.57 Å². The normalized spacial score (nSPS) is 17.5. The molecule has 2 aromatic carbocycles. The number of benzene rings is 2. The number of carbonyl (C=O) groups excluding carboxylic acids is 2. The monoisotopic (exact) mass is 514 g/mol. The molecule has 1 N–H and O–H groups in total. The first kappa shape index (κ1) is 24.9. The predicted octanol–water partition coefficient (Wildman–Crippen LogP) is 4.38. The zero-order valence-corrected chi connectivity index (χ0v) is 22.3. The highest BCUT2D eigenvalue weighted by Gasteiger charge is 2.35. The zero-order chi connectivity index (χ0) is 26.3. The van der Waals surface area contributed by atoms with Crippen LogP contribution in [-0.2, 0) is 14.3 Å². The minimum atomic E-state index is -0.490. The topological polar surface area (TPSA) is 66.8 Å². The number of aryl methyl sites for hydroxylation is 3. The Kier molecular flexibility index (Phi) is 6.70. The van der Waals surface area contributed by atoms with E-state index in [0.29, 0.717) is 5.69 Å². The SMILES string of the molecule is Cc1ccc(N2C(=O)/C(=C/c3cc(C)n(-c4ccc(N5CCOCC5)cc4)c3C)C(=O)NC2=S)c(C)c1. The van der Waals surface area contributed by atoms with Crippen LogP contribution in [0.25, 0.3) is 11.8 Å². The number of rotatable bonds is 4. The number of anilines is 2. The van der Waals surface area contributed by atoms with Crippen LogP contribution in [0.1, 0.15) is 28.1 Å². The lowest BCUT2D eigenvalue weighted by Gasteiger charge is -2.30. The summed E-state index contributed by atoms with van der Waals surface area (Å²) in [5, 5.41) is 2.78. The Labute approximate surface area is 222 Å². The van der Waals surface area contributed by atoms with Gasteiger partial charge >= 0.3 is 0 Å². The maximum atomic E-state index is 13.5. The van der Waals surface area contributed by atoms with E-state index in [0.717, 1.165) is 60.1 Å². The van der Waals surface area contributed by atoms with Crippen molar-refractivity contribution in [3.63, 3.8) is 0 Å². The summed E-state index contributed by atoms with van der Waals surface area (Å²) in [5.74, 6) is -0.920. The first-order valence-corrected chi connectivity index (χ1v) is 12.8. The van der Waals surface area contributed by atoms with Crippen molar-refractivity contribution < 1.29 is 14.3 Å². The Balaban J connectivity index is 1.47. The second-order valence-electron chi connectivity index (χ2n) is 9.53. The summed E-state index contributed by atoms with van der Waals surface area (Å²) in [6, 6.07) is 16.2. The van der Waals surface area contributed by atoms with Crippen LogP contribution in [0.4, 0.5) is 11.4 Å². The molecule has 37 heavy (non-hydrogen) atoms. The number of amides is 2. The number of nitrogens with one attached hydrogen (secondary N) is 1. The summed E-state index contributed by atoms with van der Waals surface area (Å²) >= 11 is 5.38. The van der Waals surface area contributed by atoms with Gasteiger partial charge in [-0.05, 0) is 93.5 Å². The Morgan fingerprint density at radius 3 is 2.27 bits per heavy atom. The van der Waals surface area contributed by atoms with E-state index in [1.807, 2.05) is 52.0 Å². The van der Waals surface area contributed by atoms with Gasteiger partial charge in [0.15, 0.2) is 5.11 Å². The maximum absolute atomic E-state index is 13.5. The molecule has 0 aliphatic carbocycles. The van der Waals surface area contributed by atoms with Crippen molar-refractivity contribution in [2.45, 2.75) is 27.7 Å². The van der Waals surface area contributed by atoms with Crippen LogP contribution in [0, 0.1) is 27.7 Å². The van der Waals surface area contributed by atoms with Crippen LogP contribution in [-0.4, -0.2) is 47.8 Å². The van der Waals surface area contributed by atoms with Crippen LogP contribution >= 0.6 is 12.2 Å². The number of hydrogen-bond donors (Lipinski definition) is 1. The van der Waals surface area contributed by atoms with Gasteiger partial charge in [0.25, 0.3) is 11.8 Å². The highest BCUT2D eigenvalue weighted by molar-refractivity contribution is 7.80. The number of morpholine rings is 1. The van der Waals surface area contributed by atoms with Gasteiger partial charge in [0.2, 0.25) is 0 Å². The van der Waals surface area contributed by atoms with Crippen LogP contribution in [0.5, 0.6) is 0 Å². The molecule has 2 aliphatic rings. The molecule has 0 atom stereocenters. The molecule has 0 spiro atoms. The summed E-state index contributed by atoms with van der Waals surface area (Å²) in [5.41, 5.74) is 7.66. The Morgan fingerprint density at radius 1 is 0.919 bits per heavy atom. The van der Waals surface area contributed by atoms with Gasteiger partial charge in [-0.15, -0.1) is 0 Å². The van der Waals surface area contributed by atoms with Crippen molar-refractivity contribution in [1.82, 2.24) is 9.88 Å². The molecular formula is C29H30N4O3S. The third-order valence-electron chi connectivity index (χ3n) is 6.95. The molecule has 8 heteroatoms. The fourth-order valence-corrected chi connectivity index (χ4v) is 5.33. The molecule has 1 aromatic heterocycles. The summed E-state index contributed by atoms with van der Waals surface area (Å²) in [6.45, 7) is 11.2. The molecule has 2 amide bonds. The van der Waals surface area contributed by atoms with Crippen LogP contribution < -0.4 is 15.1 Å². The lowest BCUT2D eigenvalue weighted by molar-refractivity contribution is -0.122. The number of nitrogens with zero attached hydrogens (tertiary/aromatic N) is 3. The number of hydrogen-bond acceptors (Lipinski definition) is 5. The standard InChI is InChI=1S/C29H30N4O3S/c1-18-5-10-26(19(2)15-18)33-28(35)25(27(34)30-29(33)37)17-22-16-20(3)32(21(22)4)24-8-6-23(7-9-24)31-11-13-36-14-12-31/h5-10,15-17H,11-14H2,1-4H3,(H,30,34,37)/b25-17+. The van der Waals surface area contributed by atoms with E-state index >= 15 is 0 Å². The molecule has 0 unspecified atom stereocenters. The minimum Gasteiger partial charge on any atom is -0.378 e. The maximum Gasteiger partial charge on any atom is 0.270 e. The van der Waals surface area contributed by atoms with E-state index < -0.39 is 11.8 Å². The van der Waals surface area contributed by atoms with Crippen molar-refractivity contribution in [3.8, 4) is 5.69 Å². The van der Waals surface area contributed by atoms with Crippen molar-refractivity contribution in [2.75, 3.05) is 36.1 Å². The quantitative estimate of drug-likeness (QED) is 0.318. The lowest BCUT2D eigenvalue weighted by Crippen LogP contribution is -2.54. The highest BCUT2D eigenvalue weighted by atomic mass is 32.1. The lowest BCUT2D eigenvalue weighted by atomic mass is 10.0. The second kappa shape index (κ2) is 9.95. The number of carbonyl (C=O) groups is 2. The van der Waals surface area contributed by atoms with Crippen molar-refractivity contribution >= 4 is 46.6 Å². The fourth-order valence-electron chi connectivity index (χ4n) is 5.05. The molecule has 2 saturated heterocycles. The van der Waals surface area contributed by atoms with Gasteiger partial charge in [-0.25, -0.2) is 0 Å². The Hall–Kier alpha value is -3.75. The minimum absolute atomic E-state index is 0.0523. The largest absolute Gasteiger partial charge is 0.378 e. The van der Waals surface area contributed by atoms with Crippen LogP contribution in [0.15, 0.2) is 54.1 Å². The molecule has 3 heterocycles. The Morgan fingerprint density at radius 2 is 1.59 bits per heavy atom. The summed E-state index contributed by atoms with van der Waals surface area (Å²) < 4.78 is 7.59. The van der Waals surface area contributed by atoms with E-state index in [2.05, 4.69) is 39.0 Å². The first-order valence-electron chi connectivity index (χ1n) is 12.4. The molecule has 0 bridgehead atoms. The fraction of sp³-hybridized carbons (Fsp3) is 0.276. The molecule has 0 saturated carbocycles. The van der Waals surface area contributed by atoms with Gasteiger partial charge in [-0.1, -0.05) is 17.7 Å². The smallest absolute Gasteiger partial charge is 0.270 e. The van der Waals surface area contributed by atoms with Gasteiger partial charge < -0.3 is 14.2 Å². The number of ether oxygens (including phenoxy) is 1. The zero-order valence-electron chi connectivity index (χ0n) is 21.5. The molecule has 2 aliphatic heterocycles. The molecule has 7 nitrogen and oxygen atoms in total. The van der Waals surface area contributed by atoms with Crippen LogP contribution in [0.2, 0.25) is 0 Å². The molecule has 5 rings (SSSR count). The van der Waals surface area contributed by atoms with Crippen molar-refractivity contribution in [1.29, 1.82) is 0 Å². The predicted molar refractivity (Wildman–Crippen MR) is 150 cm³/mol. The third kappa shape index (κ3) is 4.70. The first-order chi connectivity index (χ1) is 17.7. The summed E-state index contributed by atoms with van der Waals surface area (Å²) in [4.78, 5) is 30.1. The average molecular weight is 515 g/mol. The van der Waals surface area contributed by atoms with Gasteiger partial charge in [-0.3, -0.25) is 19.8 Å². The Bertz CT molecular complexity index is 1430. The molecule has 0 radical (unpaired) electrons. The average Bonchev–Trinajstić information content (AvgIpc) is 3.16. The number of thiocarbonyl (C=S) groups is 1. The summed E-state index contributed by atoms with van der Waals surface area (Å²) in [6.07, 6.45) is 1.66. The van der Waals surface area contributed by atoms with E-state index in [1.54, 1.807) is 6.08 Å². The molecular weight excluding hydrogens is 484 g/mol. The van der Waals surface area contributed by atoms with E-state index in [4.69, 9.17) is 17.0 Å². The highest BCUT2D eigenvalue weighted by Crippen LogP contribution is 2.29. The van der Waals surface area contributed by atoms with Gasteiger partial charge in [0, 0.05) is 35.9 Å². The molecule has 3 aromatic rings. The van der Waals surface area contributed by atoms with E-state index in [-0.39, 0.29) is 10.7 Å². The molecule has 190 valence electrons. The number of aromatic nitrogens is 1. The van der Waals surface area contributed by atoms with Crippen molar-refractivity contribution in [2.24, 2.45) is 0 Å². The van der Waals surface area contributed by atoms with Gasteiger partial charge in [0.05, 0.1) is 18.9 Å².